The summed E-state index contributed by atoms with van der Waals surface area (Å²) in [5.41, 5.74) is 3.77. The number of aromatic amines is 1. The lowest BCUT2D eigenvalue weighted by Gasteiger charge is -2.26. The van der Waals surface area contributed by atoms with E-state index in [0.717, 1.165) is 29.5 Å². The fraction of sp³-hybridized carbons (Fsp3) is 0.286. The van der Waals surface area contributed by atoms with Crippen LogP contribution in [0.4, 0.5) is 0 Å². The van der Waals surface area contributed by atoms with Gasteiger partial charge in [0, 0.05) is 16.1 Å². The SMILES string of the molecule is CCCCOc1ccc(C2c3c(-c4ccc(Cl)cc4)n[nH]c3C(=O)N2Cc2ccco2)cc1OCC. The minimum absolute atomic E-state index is 0.139. The Bertz CT molecular complexity index is 1330. The van der Waals surface area contributed by atoms with Gasteiger partial charge in [0.1, 0.15) is 11.5 Å². The van der Waals surface area contributed by atoms with Crippen LogP contribution in [-0.2, 0) is 6.54 Å². The molecule has 1 aliphatic heterocycles. The Morgan fingerprint density at radius 3 is 2.64 bits per heavy atom. The maximum absolute atomic E-state index is 13.6. The molecule has 4 aromatic rings. The lowest BCUT2D eigenvalue weighted by Crippen LogP contribution is -2.29. The van der Waals surface area contributed by atoms with Gasteiger partial charge in [-0.25, -0.2) is 0 Å². The fourth-order valence-electron chi connectivity index (χ4n) is 4.51. The van der Waals surface area contributed by atoms with Crippen LogP contribution in [0.15, 0.2) is 65.3 Å². The highest BCUT2D eigenvalue weighted by atomic mass is 35.5. The second kappa shape index (κ2) is 10.5. The van der Waals surface area contributed by atoms with Crippen LogP contribution in [0.1, 0.15) is 60.1 Å². The summed E-state index contributed by atoms with van der Waals surface area (Å²) in [6.07, 6.45) is 3.62. The van der Waals surface area contributed by atoms with Crippen molar-refractivity contribution >= 4 is 17.5 Å². The summed E-state index contributed by atoms with van der Waals surface area (Å²) in [5, 5.41) is 8.15. The fourth-order valence-corrected chi connectivity index (χ4v) is 4.64. The summed E-state index contributed by atoms with van der Waals surface area (Å²) in [6, 6.07) is 16.6. The lowest BCUT2D eigenvalue weighted by molar-refractivity contribution is 0.0716. The number of hydrogen-bond acceptors (Lipinski definition) is 5. The lowest BCUT2D eigenvalue weighted by atomic mass is 9.95. The van der Waals surface area contributed by atoms with Crippen LogP contribution in [0.5, 0.6) is 11.5 Å². The van der Waals surface area contributed by atoms with E-state index in [4.69, 9.17) is 25.5 Å². The Kier molecular flexibility index (Phi) is 7.00. The maximum Gasteiger partial charge on any atom is 0.273 e. The summed E-state index contributed by atoms with van der Waals surface area (Å²) >= 11 is 6.12. The van der Waals surface area contributed by atoms with Crippen LogP contribution in [0, 0.1) is 0 Å². The zero-order chi connectivity index (χ0) is 25.1. The molecule has 5 rings (SSSR count). The average molecular weight is 506 g/mol. The van der Waals surface area contributed by atoms with Crippen molar-refractivity contribution in [2.24, 2.45) is 0 Å². The molecule has 1 amide bonds. The second-order valence-corrected chi connectivity index (χ2v) is 9.06. The number of furan rings is 1. The van der Waals surface area contributed by atoms with Gasteiger partial charge in [-0.15, -0.1) is 0 Å². The molecular formula is C28H28ClN3O4. The first kappa shape index (κ1) is 24.0. The summed E-state index contributed by atoms with van der Waals surface area (Å²) in [4.78, 5) is 15.4. The number of nitrogens with zero attached hydrogens (tertiary/aromatic N) is 2. The number of unbranched alkanes of at least 4 members (excludes halogenated alkanes) is 1. The Morgan fingerprint density at radius 1 is 1.08 bits per heavy atom. The summed E-state index contributed by atoms with van der Waals surface area (Å²) in [6.45, 7) is 5.51. The zero-order valence-electron chi connectivity index (χ0n) is 20.3. The summed E-state index contributed by atoms with van der Waals surface area (Å²) in [7, 11) is 0. The van der Waals surface area contributed by atoms with Gasteiger partial charge in [-0.2, -0.15) is 5.10 Å². The van der Waals surface area contributed by atoms with Gasteiger partial charge in [0.15, 0.2) is 11.5 Å². The van der Waals surface area contributed by atoms with E-state index < -0.39 is 6.04 Å². The van der Waals surface area contributed by atoms with Gasteiger partial charge in [-0.3, -0.25) is 9.89 Å². The molecule has 2 aromatic carbocycles. The third-order valence-electron chi connectivity index (χ3n) is 6.23. The first-order chi connectivity index (χ1) is 17.6. The largest absolute Gasteiger partial charge is 0.490 e. The summed E-state index contributed by atoms with van der Waals surface area (Å²) < 4.78 is 17.5. The number of amides is 1. The Morgan fingerprint density at radius 2 is 1.92 bits per heavy atom. The van der Waals surface area contributed by atoms with Gasteiger partial charge in [0.2, 0.25) is 0 Å². The molecule has 0 bridgehead atoms. The molecule has 0 spiro atoms. The van der Waals surface area contributed by atoms with E-state index in [-0.39, 0.29) is 5.91 Å². The van der Waals surface area contributed by atoms with Crippen molar-refractivity contribution < 1.29 is 18.7 Å². The normalized spacial score (nSPS) is 14.8. The minimum atomic E-state index is -0.397. The molecule has 36 heavy (non-hydrogen) atoms. The highest BCUT2D eigenvalue weighted by Gasteiger charge is 2.42. The molecule has 8 heteroatoms. The van der Waals surface area contributed by atoms with Gasteiger partial charge >= 0.3 is 0 Å². The molecule has 0 aliphatic carbocycles. The number of rotatable bonds is 10. The zero-order valence-corrected chi connectivity index (χ0v) is 21.0. The molecule has 1 unspecified atom stereocenters. The molecule has 2 aromatic heterocycles. The molecule has 1 aliphatic rings. The Balaban J connectivity index is 1.60. The van der Waals surface area contributed by atoms with Crippen LogP contribution in [0.2, 0.25) is 5.02 Å². The van der Waals surface area contributed by atoms with Gasteiger partial charge in [0.05, 0.1) is 37.8 Å². The first-order valence-corrected chi connectivity index (χ1v) is 12.6. The van der Waals surface area contributed by atoms with E-state index in [1.807, 2.05) is 61.5 Å². The molecular weight excluding hydrogens is 478 g/mol. The van der Waals surface area contributed by atoms with Crippen molar-refractivity contribution in [3.8, 4) is 22.8 Å². The van der Waals surface area contributed by atoms with Crippen molar-refractivity contribution in [2.75, 3.05) is 13.2 Å². The highest BCUT2D eigenvalue weighted by molar-refractivity contribution is 6.30. The number of benzene rings is 2. The predicted octanol–water partition coefficient (Wildman–Crippen LogP) is 6.65. The molecule has 1 atom stereocenters. The van der Waals surface area contributed by atoms with Crippen LogP contribution in [0.3, 0.4) is 0 Å². The van der Waals surface area contributed by atoms with E-state index in [1.165, 1.54) is 0 Å². The topological polar surface area (TPSA) is 80.6 Å². The summed E-state index contributed by atoms with van der Waals surface area (Å²) in [5.74, 6) is 1.91. The Labute approximate surface area is 215 Å². The molecule has 3 heterocycles. The van der Waals surface area contributed by atoms with E-state index in [0.29, 0.717) is 53.4 Å². The number of hydrogen-bond donors (Lipinski definition) is 1. The molecule has 7 nitrogen and oxygen atoms in total. The van der Waals surface area contributed by atoms with Crippen LogP contribution in [0.25, 0.3) is 11.3 Å². The monoisotopic (exact) mass is 505 g/mol. The molecule has 1 N–H and O–H groups in total. The molecule has 0 radical (unpaired) electrons. The standard InChI is InChI=1S/C28H28ClN3O4/c1-3-5-14-36-22-13-10-19(16-23(22)34-4-2)27-24-25(18-8-11-20(29)12-9-18)30-31-26(24)28(33)32(27)17-21-7-6-15-35-21/h6-13,15-16,27H,3-5,14,17H2,1-2H3,(H,30,31). The average Bonchev–Trinajstić information content (AvgIpc) is 3.61. The number of halogens is 1. The number of ether oxygens (including phenoxy) is 2. The molecule has 0 fully saturated rings. The van der Waals surface area contributed by atoms with E-state index in [2.05, 4.69) is 17.1 Å². The smallest absolute Gasteiger partial charge is 0.273 e. The van der Waals surface area contributed by atoms with Crippen LogP contribution >= 0.6 is 11.6 Å². The van der Waals surface area contributed by atoms with Crippen molar-refractivity contribution in [3.05, 3.63) is 88.5 Å². The number of fused-ring (bicyclic) bond motifs is 1. The van der Waals surface area contributed by atoms with Crippen LogP contribution in [-0.4, -0.2) is 34.2 Å². The predicted molar refractivity (Wildman–Crippen MR) is 137 cm³/mol. The molecule has 0 saturated carbocycles. The second-order valence-electron chi connectivity index (χ2n) is 8.62. The van der Waals surface area contributed by atoms with Crippen molar-refractivity contribution in [1.82, 2.24) is 15.1 Å². The number of aromatic nitrogens is 2. The number of carbonyl (C=O) groups excluding carboxylic acids is 1. The third-order valence-corrected chi connectivity index (χ3v) is 6.48. The third kappa shape index (κ3) is 4.58. The highest BCUT2D eigenvalue weighted by Crippen LogP contribution is 2.45. The first-order valence-electron chi connectivity index (χ1n) is 12.2. The molecule has 0 saturated heterocycles. The minimum Gasteiger partial charge on any atom is -0.490 e. The quantitative estimate of drug-likeness (QED) is 0.244. The number of nitrogens with one attached hydrogen (secondary N) is 1. The van der Waals surface area contributed by atoms with Gasteiger partial charge in [0.25, 0.3) is 5.91 Å². The van der Waals surface area contributed by atoms with Crippen LogP contribution < -0.4 is 9.47 Å². The van der Waals surface area contributed by atoms with Crippen molar-refractivity contribution in [1.29, 1.82) is 0 Å². The van der Waals surface area contributed by atoms with Crippen molar-refractivity contribution in [2.45, 2.75) is 39.3 Å². The van der Waals surface area contributed by atoms with Crippen molar-refractivity contribution in [3.63, 3.8) is 0 Å². The van der Waals surface area contributed by atoms with E-state index in [1.54, 1.807) is 11.2 Å². The number of H-pyrrole nitrogens is 1. The Hall–Kier alpha value is -3.71. The molecule has 186 valence electrons. The van der Waals surface area contributed by atoms with Gasteiger partial charge in [-0.05, 0) is 55.3 Å². The van der Waals surface area contributed by atoms with E-state index in [9.17, 15) is 4.79 Å². The van der Waals surface area contributed by atoms with Gasteiger partial charge in [-0.1, -0.05) is 43.1 Å². The van der Waals surface area contributed by atoms with Gasteiger partial charge < -0.3 is 18.8 Å². The maximum atomic E-state index is 13.6. The number of carbonyl (C=O) groups is 1. The van der Waals surface area contributed by atoms with E-state index >= 15 is 0 Å².